The zero-order valence-corrected chi connectivity index (χ0v) is 13.3. The van der Waals surface area contributed by atoms with Gasteiger partial charge >= 0.3 is 0 Å². The number of rotatable bonds is 4. The Kier molecular flexibility index (Phi) is 3.75. The number of anilines is 1. The molecule has 0 fully saturated rings. The van der Waals surface area contributed by atoms with Crippen LogP contribution in [0.5, 0.6) is 0 Å². The van der Waals surface area contributed by atoms with E-state index in [1.807, 2.05) is 0 Å². The van der Waals surface area contributed by atoms with Crippen molar-refractivity contribution >= 4 is 5.69 Å². The largest absolute Gasteiger partial charge is 0.377 e. The normalized spacial score (nSPS) is 19.3. The van der Waals surface area contributed by atoms with Crippen LogP contribution in [-0.4, -0.2) is 0 Å². The lowest BCUT2D eigenvalue weighted by atomic mass is 9.85. The highest BCUT2D eigenvalue weighted by atomic mass is 14.9. The third-order valence-electron chi connectivity index (χ3n) is 4.63. The van der Waals surface area contributed by atoms with Gasteiger partial charge in [0.25, 0.3) is 0 Å². The molecule has 0 radical (unpaired) electrons. The Bertz CT molecular complexity index is 627. The number of aryl methyl sites for hydroxylation is 1. The van der Waals surface area contributed by atoms with Crippen molar-refractivity contribution in [2.45, 2.75) is 46.1 Å². The smallest absolute Gasteiger partial charge is 0.0570 e. The molecule has 1 heteroatoms. The van der Waals surface area contributed by atoms with Crippen molar-refractivity contribution in [1.29, 1.82) is 0 Å². The van der Waals surface area contributed by atoms with Crippen molar-refractivity contribution in [1.82, 2.24) is 0 Å². The topological polar surface area (TPSA) is 12.0 Å². The van der Waals surface area contributed by atoms with Crippen LogP contribution in [0.2, 0.25) is 0 Å². The van der Waals surface area contributed by atoms with E-state index in [0.717, 1.165) is 12.8 Å². The first kappa shape index (κ1) is 14.2. The van der Waals surface area contributed by atoms with Crippen molar-refractivity contribution in [2.24, 2.45) is 5.41 Å². The summed E-state index contributed by atoms with van der Waals surface area (Å²) in [6.45, 7) is 6.98. The van der Waals surface area contributed by atoms with Gasteiger partial charge in [-0.1, -0.05) is 69.7 Å². The first-order valence-electron chi connectivity index (χ1n) is 8.04. The summed E-state index contributed by atoms with van der Waals surface area (Å²) < 4.78 is 0. The Hall–Kier alpha value is -1.76. The quantitative estimate of drug-likeness (QED) is 0.793. The average Bonchev–Trinajstić information content (AvgIpc) is 2.72. The molecule has 1 unspecified atom stereocenters. The van der Waals surface area contributed by atoms with Crippen LogP contribution in [0.4, 0.5) is 5.69 Å². The first-order valence-corrected chi connectivity index (χ1v) is 8.04. The lowest BCUT2D eigenvalue weighted by molar-refractivity contribution is 0.337. The summed E-state index contributed by atoms with van der Waals surface area (Å²) in [5.74, 6) is 0. The van der Waals surface area contributed by atoms with Gasteiger partial charge in [-0.15, -0.1) is 0 Å². The molecule has 110 valence electrons. The van der Waals surface area contributed by atoms with Crippen LogP contribution in [0.25, 0.3) is 0 Å². The predicted molar refractivity (Wildman–Crippen MR) is 90.7 cm³/mol. The minimum absolute atomic E-state index is 0.253. The van der Waals surface area contributed by atoms with Crippen molar-refractivity contribution in [2.75, 3.05) is 5.32 Å². The molecule has 0 bridgehead atoms. The molecule has 0 aliphatic heterocycles. The molecule has 2 aromatic rings. The fourth-order valence-corrected chi connectivity index (χ4v) is 3.57. The van der Waals surface area contributed by atoms with Crippen molar-refractivity contribution in [3.63, 3.8) is 0 Å². The van der Waals surface area contributed by atoms with Crippen molar-refractivity contribution in [3.8, 4) is 0 Å². The lowest BCUT2D eigenvalue weighted by Crippen LogP contribution is -2.25. The van der Waals surface area contributed by atoms with Gasteiger partial charge < -0.3 is 5.32 Å². The number of benzene rings is 2. The maximum atomic E-state index is 3.84. The molecule has 1 aliphatic rings. The Balaban J connectivity index is 1.94. The second-order valence-corrected chi connectivity index (χ2v) is 6.85. The van der Waals surface area contributed by atoms with E-state index >= 15 is 0 Å². The zero-order chi connectivity index (χ0) is 14.9. The SMILES string of the molecule is CCCc1ccccc1NC1c2ccccc2CC1(C)C. The molecule has 0 saturated heterocycles. The summed E-state index contributed by atoms with van der Waals surface area (Å²) in [4.78, 5) is 0. The number of nitrogens with one attached hydrogen (secondary N) is 1. The van der Waals surface area contributed by atoms with Crippen molar-refractivity contribution in [3.05, 3.63) is 65.2 Å². The van der Waals surface area contributed by atoms with Crippen LogP contribution in [0.15, 0.2) is 48.5 Å². The van der Waals surface area contributed by atoms with Gasteiger partial charge in [-0.25, -0.2) is 0 Å². The predicted octanol–water partition coefficient (Wildman–Crippen LogP) is 5.37. The Morgan fingerprint density at radius 1 is 1.05 bits per heavy atom. The molecule has 0 heterocycles. The summed E-state index contributed by atoms with van der Waals surface area (Å²) in [5, 5.41) is 3.84. The number of para-hydroxylation sites is 1. The van der Waals surface area contributed by atoms with Gasteiger partial charge in [-0.2, -0.15) is 0 Å². The summed E-state index contributed by atoms with van der Waals surface area (Å²) in [6.07, 6.45) is 3.47. The van der Waals surface area contributed by atoms with E-state index in [2.05, 4.69) is 74.6 Å². The summed E-state index contributed by atoms with van der Waals surface area (Å²) in [6, 6.07) is 18.0. The lowest BCUT2D eigenvalue weighted by Gasteiger charge is -2.30. The molecule has 3 rings (SSSR count). The van der Waals surface area contributed by atoms with Gasteiger partial charge in [0.15, 0.2) is 0 Å². The summed E-state index contributed by atoms with van der Waals surface area (Å²) in [5.41, 5.74) is 5.94. The average molecular weight is 279 g/mol. The molecule has 2 aromatic carbocycles. The van der Waals surface area contributed by atoms with E-state index in [1.54, 1.807) is 0 Å². The fourth-order valence-electron chi connectivity index (χ4n) is 3.57. The second kappa shape index (κ2) is 5.55. The zero-order valence-electron chi connectivity index (χ0n) is 13.3. The monoisotopic (exact) mass is 279 g/mol. The Morgan fingerprint density at radius 3 is 2.57 bits per heavy atom. The molecule has 0 saturated carbocycles. The standard InChI is InChI=1S/C20H25N/c1-4-9-15-10-6-8-13-18(15)21-19-17-12-7-5-11-16(17)14-20(19,2)3/h5-8,10-13,19,21H,4,9,14H2,1-3H3. The first-order chi connectivity index (χ1) is 10.1. The third kappa shape index (κ3) is 2.70. The molecule has 21 heavy (non-hydrogen) atoms. The summed E-state index contributed by atoms with van der Waals surface area (Å²) >= 11 is 0. The van der Waals surface area contributed by atoms with Gasteiger partial charge in [-0.3, -0.25) is 0 Å². The molecule has 0 aromatic heterocycles. The van der Waals surface area contributed by atoms with E-state index in [-0.39, 0.29) is 5.41 Å². The van der Waals surface area contributed by atoms with Crippen LogP contribution in [-0.2, 0) is 12.8 Å². The molecule has 1 nitrogen and oxygen atoms in total. The fraction of sp³-hybridized carbons (Fsp3) is 0.400. The Labute approximate surface area is 128 Å². The highest BCUT2D eigenvalue weighted by Crippen LogP contribution is 2.47. The minimum atomic E-state index is 0.253. The molecule has 0 amide bonds. The number of fused-ring (bicyclic) bond motifs is 1. The van der Waals surface area contributed by atoms with Crippen molar-refractivity contribution < 1.29 is 0 Å². The van der Waals surface area contributed by atoms with Crippen LogP contribution >= 0.6 is 0 Å². The third-order valence-corrected chi connectivity index (χ3v) is 4.63. The minimum Gasteiger partial charge on any atom is -0.377 e. The van der Waals surface area contributed by atoms with E-state index in [9.17, 15) is 0 Å². The van der Waals surface area contributed by atoms with Gasteiger partial charge in [0.2, 0.25) is 0 Å². The number of hydrogen-bond donors (Lipinski definition) is 1. The van der Waals surface area contributed by atoms with Gasteiger partial charge in [-0.05, 0) is 41.0 Å². The van der Waals surface area contributed by atoms with E-state index in [1.165, 1.54) is 28.8 Å². The molecular formula is C20H25N. The maximum Gasteiger partial charge on any atom is 0.0570 e. The molecule has 1 aliphatic carbocycles. The highest BCUT2D eigenvalue weighted by Gasteiger charge is 2.38. The van der Waals surface area contributed by atoms with Crippen LogP contribution < -0.4 is 5.32 Å². The van der Waals surface area contributed by atoms with Gasteiger partial charge in [0, 0.05) is 5.69 Å². The van der Waals surface area contributed by atoms with E-state index in [0.29, 0.717) is 6.04 Å². The van der Waals surface area contributed by atoms with E-state index < -0.39 is 0 Å². The molecular weight excluding hydrogens is 254 g/mol. The number of hydrogen-bond acceptors (Lipinski definition) is 1. The maximum absolute atomic E-state index is 3.84. The van der Waals surface area contributed by atoms with Crippen LogP contribution in [0.3, 0.4) is 0 Å². The summed E-state index contributed by atoms with van der Waals surface area (Å²) in [7, 11) is 0. The molecule has 1 N–H and O–H groups in total. The van der Waals surface area contributed by atoms with Crippen LogP contribution in [0.1, 0.15) is 49.9 Å². The molecule has 1 atom stereocenters. The Morgan fingerprint density at radius 2 is 1.76 bits per heavy atom. The van der Waals surface area contributed by atoms with Gasteiger partial charge in [0.1, 0.15) is 0 Å². The van der Waals surface area contributed by atoms with Crippen LogP contribution in [0, 0.1) is 5.41 Å². The van der Waals surface area contributed by atoms with E-state index in [4.69, 9.17) is 0 Å². The van der Waals surface area contributed by atoms with Gasteiger partial charge in [0.05, 0.1) is 6.04 Å². The highest BCUT2D eigenvalue weighted by molar-refractivity contribution is 5.55. The second-order valence-electron chi connectivity index (χ2n) is 6.85. The molecule has 0 spiro atoms.